The van der Waals surface area contributed by atoms with Crippen molar-refractivity contribution in [3.05, 3.63) is 105 Å². The number of rotatable bonds is 0. The summed E-state index contributed by atoms with van der Waals surface area (Å²) in [6, 6.07) is 24.9. The lowest BCUT2D eigenvalue weighted by Crippen LogP contribution is -2.21. The van der Waals surface area contributed by atoms with E-state index in [4.69, 9.17) is 0 Å². The van der Waals surface area contributed by atoms with Crippen LogP contribution >= 0.6 is 11.3 Å². The van der Waals surface area contributed by atoms with E-state index >= 15 is 0 Å². The van der Waals surface area contributed by atoms with Gasteiger partial charge in [-0.1, -0.05) is 60.7 Å². The summed E-state index contributed by atoms with van der Waals surface area (Å²) in [5.74, 6) is 0.418. The van der Waals surface area contributed by atoms with Crippen LogP contribution in [0.4, 0.5) is 0 Å². The molecule has 1 unspecified atom stereocenters. The molecule has 6 rings (SSSR count). The summed E-state index contributed by atoms with van der Waals surface area (Å²) < 4.78 is 1.43. The summed E-state index contributed by atoms with van der Waals surface area (Å²) in [6.07, 6.45) is 2.17. The molecule has 0 N–H and O–H groups in total. The Morgan fingerprint density at radius 3 is 2.38 bits per heavy atom. The van der Waals surface area contributed by atoms with E-state index in [9.17, 15) is 0 Å². The Morgan fingerprint density at radius 1 is 0.667 bits per heavy atom. The van der Waals surface area contributed by atoms with Crippen LogP contribution in [0.2, 0.25) is 0 Å². The summed E-state index contributed by atoms with van der Waals surface area (Å²) in [6.45, 7) is 0. The molecule has 0 aliphatic heterocycles. The highest BCUT2D eigenvalue weighted by atomic mass is 32.1. The van der Waals surface area contributed by atoms with Crippen LogP contribution in [-0.2, 0) is 12.8 Å². The molecular formula is C23H16S. The molecule has 1 aromatic heterocycles. The molecule has 0 amide bonds. The molecule has 2 aliphatic carbocycles. The molecule has 0 nitrogen and oxygen atoms in total. The van der Waals surface area contributed by atoms with E-state index in [-0.39, 0.29) is 0 Å². The second-order valence-corrected chi connectivity index (χ2v) is 8.05. The second kappa shape index (κ2) is 4.58. The summed E-state index contributed by atoms with van der Waals surface area (Å²) in [4.78, 5) is 1.56. The van der Waals surface area contributed by atoms with E-state index < -0.39 is 0 Å². The lowest BCUT2D eigenvalue weighted by Gasteiger charge is -2.34. The van der Waals surface area contributed by atoms with Gasteiger partial charge in [-0.3, -0.25) is 0 Å². The van der Waals surface area contributed by atoms with Gasteiger partial charge in [0.05, 0.1) is 0 Å². The van der Waals surface area contributed by atoms with E-state index in [0.29, 0.717) is 5.92 Å². The molecule has 1 heterocycles. The molecule has 1 heteroatoms. The molecule has 1 atom stereocenters. The first-order valence-corrected chi connectivity index (χ1v) is 9.40. The Morgan fingerprint density at radius 2 is 1.42 bits per heavy atom. The Balaban J connectivity index is 1.76. The van der Waals surface area contributed by atoms with Crippen molar-refractivity contribution in [2.24, 2.45) is 0 Å². The van der Waals surface area contributed by atoms with Crippen LogP contribution in [0.5, 0.6) is 0 Å². The molecule has 0 radical (unpaired) electrons. The summed E-state index contributed by atoms with van der Waals surface area (Å²) in [7, 11) is 0. The van der Waals surface area contributed by atoms with Gasteiger partial charge < -0.3 is 0 Å². The Kier molecular flexibility index (Phi) is 2.48. The van der Waals surface area contributed by atoms with Gasteiger partial charge in [-0.2, -0.15) is 0 Å². The maximum atomic E-state index is 2.35. The number of benzene rings is 3. The SMILES string of the molecule is c1ccc2c(c1)Cc1cccc3c1C2c1c(sc2ccccc12)C3. The topological polar surface area (TPSA) is 0 Å². The average molecular weight is 324 g/mol. The van der Waals surface area contributed by atoms with Crippen LogP contribution in [0.1, 0.15) is 44.2 Å². The highest BCUT2D eigenvalue weighted by Crippen LogP contribution is 2.51. The zero-order valence-electron chi connectivity index (χ0n) is 13.3. The van der Waals surface area contributed by atoms with E-state index in [1.165, 1.54) is 32.3 Å². The summed E-state index contributed by atoms with van der Waals surface area (Å²) in [5, 5.41) is 1.46. The Labute approximate surface area is 145 Å². The van der Waals surface area contributed by atoms with Gasteiger partial charge in [0, 0.05) is 21.9 Å². The lowest BCUT2D eigenvalue weighted by atomic mass is 9.69. The van der Waals surface area contributed by atoms with Crippen molar-refractivity contribution in [2.45, 2.75) is 18.8 Å². The number of thiophene rings is 1. The minimum atomic E-state index is 0.418. The molecule has 114 valence electrons. The number of hydrogen-bond donors (Lipinski definition) is 0. The highest BCUT2D eigenvalue weighted by Gasteiger charge is 2.35. The van der Waals surface area contributed by atoms with Gasteiger partial charge in [0.2, 0.25) is 0 Å². The van der Waals surface area contributed by atoms with Crippen LogP contribution in [0.25, 0.3) is 10.1 Å². The van der Waals surface area contributed by atoms with Crippen molar-refractivity contribution < 1.29 is 0 Å². The first-order chi connectivity index (χ1) is 11.9. The molecule has 0 saturated heterocycles. The van der Waals surface area contributed by atoms with Gasteiger partial charge in [-0.05, 0) is 51.3 Å². The van der Waals surface area contributed by atoms with Crippen molar-refractivity contribution in [3.8, 4) is 0 Å². The molecular weight excluding hydrogens is 308 g/mol. The summed E-state index contributed by atoms with van der Waals surface area (Å²) in [5.41, 5.74) is 9.23. The third-order valence-corrected chi connectivity index (χ3v) is 6.86. The highest BCUT2D eigenvalue weighted by molar-refractivity contribution is 7.19. The van der Waals surface area contributed by atoms with Crippen LogP contribution in [-0.4, -0.2) is 0 Å². The maximum absolute atomic E-state index is 2.35. The molecule has 0 saturated carbocycles. The predicted octanol–water partition coefficient (Wildman–Crippen LogP) is 5.89. The molecule has 4 aromatic rings. The zero-order chi connectivity index (χ0) is 15.7. The van der Waals surface area contributed by atoms with Crippen LogP contribution in [0.15, 0.2) is 66.7 Å². The van der Waals surface area contributed by atoms with Gasteiger partial charge in [-0.15, -0.1) is 11.3 Å². The minimum absolute atomic E-state index is 0.418. The van der Waals surface area contributed by atoms with Gasteiger partial charge in [0.25, 0.3) is 0 Å². The normalized spacial score (nSPS) is 17.2. The standard InChI is InChI=1S/C23H16S/c1-2-9-17-14(6-1)12-15-7-5-8-16-13-20-22(23(17)21(15)16)18-10-3-4-11-19(18)24-20/h1-11,23H,12-13H2. The fraction of sp³-hybridized carbons (Fsp3) is 0.130. The van der Waals surface area contributed by atoms with E-state index in [0.717, 1.165) is 12.8 Å². The molecule has 24 heavy (non-hydrogen) atoms. The van der Waals surface area contributed by atoms with Gasteiger partial charge in [0.15, 0.2) is 0 Å². The van der Waals surface area contributed by atoms with Crippen LogP contribution in [0.3, 0.4) is 0 Å². The maximum Gasteiger partial charge on any atom is 0.0365 e. The fourth-order valence-corrected chi connectivity index (χ4v) is 5.98. The Hall–Kier alpha value is -2.38. The quantitative estimate of drug-likeness (QED) is 0.327. The predicted molar refractivity (Wildman–Crippen MR) is 101 cm³/mol. The average Bonchev–Trinajstić information content (AvgIpc) is 2.99. The van der Waals surface area contributed by atoms with Crippen molar-refractivity contribution in [2.75, 3.05) is 0 Å². The molecule has 0 fully saturated rings. The van der Waals surface area contributed by atoms with Crippen LogP contribution < -0.4 is 0 Å². The summed E-state index contributed by atoms with van der Waals surface area (Å²) >= 11 is 1.99. The Bertz CT molecular complexity index is 1120. The van der Waals surface area contributed by atoms with Crippen molar-refractivity contribution in [3.63, 3.8) is 0 Å². The van der Waals surface area contributed by atoms with Crippen LogP contribution in [0, 0.1) is 0 Å². The number of fused-ring (bicyclic) bond motifs is 6. The monoisotopic (exact) mass is 324 g/mol. The van der Waals surface area contributed by atoms with Crippen molar-refractivity contribution in [1.29, 1.82) is 0 Å². The van der Waals surface area contributed by atoms with E-state index in [1.54, 1.807) is 16.0 Å². The van der Waals surface area contributed by atoms with Crippen molar-refractivity contribution >= 4 is 21.4 Å². The van der Waals surface area contributed by atoms with Crippen molar-refractivity contribution in [1.82, 2.24) is 0 Å². The van der Waals surface area contributed by atoms with Gasteiger partial charge in [0.1, 0.15) is 0 Å². The smallest absolute Gasteiger partial charge is 0.0365 e. The minimum Gasteiger partial charge on any atom is -0.140 e. The van der Waals surface area contributed by atoms with E-state index in [2.05, 4.69) is 66.7 Å². The fourth-order valence-electron chi connectivity index (χ4n) is 4.72. The first-order valence-electron chi connectivity index (χ1n) is 8.59. The van der Waals surface area contributed by atoms with Gasteiger partial charge >= 0.3 is 0 Å². The first kappa shape index (κ1) is 13.0. The molecule has 0 bridgehead atoms. The molecule has 0 spiro atoms. The zero-order valence-corrected chi connectivity index (χ0v) is 14.1. The third kappa shape index (κ3) is 1.58. The molecule has 2 aliphatic rings. The third-order valence-electron chi connectivity index (χ3n) is 5.67. The van der Waals surface area contributed by atoms with E-state index in [1.807, 2.05) is 11.3 Å². The second-order valence-electron chi connectivity index (χ2n) is 6.91. The molecule has 3 aromatic carbocycles. The lowest BCUT2D eigenvalue weighted by molar-refractivity contribution is 0.841. The number of hydrogen-bond acceptors (Lipinski definition) is 1. The van der Waals surface area contributed by atoms with Gasteiger partial charge in [-0.25, -0.2) is 0 Å². The largest absolute Gasteiger partial charge is 0.140 e.